The Labute approximate surface area is 128 Å². The monoisotopic (exact) mass is 295 g/mol. The van der Waals surface area contributed by atoms with Gasteiger partial charge in [-0.2, -0.15) is 0 Å². The lowest BCUT2D eigenvalue weighted by Gasteiger charge is -2.15. The molecule has 0 radical (unpaired) electrons. The maximum Gasteiger partial charge on any atom is 0.161 e. The standard InChI is InChI=1S/C17H29NO3/c1-13(2)20-10-6-9-18-12-15-7-8-16(21-14(3)4)17(11-15)19-5/h7-8,11,13-14,18H,6,9-10,12H2,1-5H3. The minimum Gasteiger partial charge on any atom is -0.493 e. The zero-order valence-corrected chi connectivity index (χ0v) is 13.9. The minimum absolute atomic E-state index is 0.142. The van der Waals surface area contributed by atoms with Gasteiger partial charge in [-0.3, -0.25) is 0 Å². The molecule has 1 aromatic rings. The van der Waals surface area contributed by atoms with E-state index in [9.17, 15) is 0 Å². The van der Waals surface area contributed by atoms with Crippen molar-refractivity contribution in [3.63, 3.8) is 0 Å². The SMILES string of the molecule is COc1cc(CNCCCOC(C)C)ccc1OC(C)C. The van der Waals surface area contributed by atoms with E-state index in [1.807, 2.05) is 26.0 Å². The second-order valence-electron chi connectivity index (χ2n) is 5.60. The van der Waals surface area contributed by atoms with Crippen molar-refractivity contribution in [3.8, 4) is 11.5 Å². The zero-order chi connectivity index (χ0) is 15.7. The van der Waals surface area contributed by atoms with Crippen LogP contribution in [0.5, 0.6) is 11.5 Å². The zero-order valence-electron chi connectivity index (χ0n) is 13.9. The molecule has 1 aromatic carbocycles. The predicted octanol–water partition coefficient (Wildman–Crippen LogP) is 3.39. The Balaban J connectivity index is 2.38. The molecule has 0 aliphatic rings. The largest absolute Gasteiger partial charge is 0.493 e. The number of nitrogens with one attached hydrogen (secondary N) is 1. The summed E-state index contributed by atoms with van der Waals surface area (Å²) < 4.78 is 16.6. The van der Waals surface area contributed by atoms with Gasteiger partial charge in [-0.1, -0.05) is 6.07 Å². The Kier molecular flexibility index (Phi) is 8.16. The fourth-order valence-electron chi connectivity index (χ4n) is 1.92. The van der Waals surface area contributed by atoms with E-state index in [0.29, 0.717) is 6.10 Å². The van der Waals surface area contributed by atoms with E-state index in [0.717, 1.165) is 37.6 Å². The first-order valence-corrected chi connectivity index (χ1v) is 7.68. The van der Waals surface area contributed by atoms with Gasteiger partial charge in [0.25, 0.3) is 0 Å². The molecule has 4 heteroatoms. The van der Waals surface area contributed by atoms with E-state index in [4.69, 9.17) is 14.2 Å². The lowest BCUT2D eigenvalue weighted by Crippen LogP contribution is -2.17. The highest BCUT2D eigenvalue weighted by Gasteiger charge is 2.07. The molecule has 1 N–H and O–H groups in total. The van der Waals surface area contributed by atoms with E-state index in [1.54, 1.807) is 7.11 Å². The van der Waals surface area contributed by atoms with Crippen LogP contribution in [0.15, 0.2) is 18.2 Å². The number of hydrogen-bond acceptors (Lipinski definition) is 4. The summed E-state index contributed by atoms with van der Waals surface area (Å²) in [5, 5.41) is 3.41. The Bertz CT molecular complexity index is 405. The van der Waals surface area contributed by atoms with Crippen molar-refractivity contribution in [1.29, 1.82) is 0 Å². The molecule has 0 fully saturated rings. The number of methoxy groups -OCH3 is 1. The molecule has 4 nitrogen and oxygen atoms in total. The van der Waals surface area contributed by atoms with Gasteiger partial charge in [0.05, 0.1) is 19.3 Å². The molecule has 0 unspecified atom stereocenters. The lowest BCUT2D eigenvalue weighted by molar-refractivity contribution is 0.0770. The summed E-state index contributed by atoms with van der Waals surface area (Å²) in [5.41, 5.74) is 1.19. The number of benzene rings is 1. The predicted molar refractivity (Wildman–Crippen MR) is 86.2 cm³/mol. The maximum atomic E-state index is 5.71. The van der Waals surface area contributed by atoms with Crippen molar-refractivity contribution in [3.05, 3.63) is 23.8 Å². The van der Waals surface area contributed by atoms with Crippen LogP contribution in [0.2, 0.25) is 0 Å². The van der Waals surface area contributed by atoms with Crippen molar-refractivity contribution in [2.75, 3.05) is 20.3 Å². The number of rotatable bonds is 10. The quantitative estimate of drug-likeness (QED) is 0.672. The van der Waals surface area contributed by atoms with Crippen molar-refractivity contribution < 1.29 is 14.2 Å². The summed E-state index contributed by atoms with van der Waals surface area (Å²) >= 11 is 0. The van der Waals surface area contributed by atoms with Crippen LogP contribution >= 0.6 is 0 Å². The average Bonchev–Trinajstić information content (AvgIpc) is 2.43. The maximum absolute atomic E-state index is 5.71. The third-order valence-electron chi connectivity index (χ3n) is 2.87. The van der Waals surface area contributed by atoms with Gasteiger partial charge in [-0.05, 0) is 58.4 Å². The normalized spacial score (nSPS) is 11.2. The Hall–Kier alpha value is -1.26. The molecule has 21 heavy (non-hydrogen) atoms. The molecular weight excluding hydrogens is 266 g/mol. The molecule has 0 spiro atoms. The van der Waals surface area contributed by atoms with E-state index in [1.165, 1.54) is 5.56 Å². The molecule has 0 atom stereocenters. The molecule has 0 aromatic heterocycles. The molecule has 0 heterocycles. The Morgan fingerprint density at radius 2 is 1.81 bits per heavy atom. The molecule has 0 saturated heterocycles. The molecule has 120 valence electrons. The Morgan fingerprint density at radius 3 is 2.43 bits per heavy atom. The van der Waals surface area contributed by atoms with Crippen LogP contribution in [0.25, 0.3) is 0 Å². The van der Waals surface area contributed by atoms with Gasteiger partial charge in [0.2, 0.25) is 0 Å². The van der Waals surface area contributed by atoms with Crippen LogP contribution in [0.1, 0.15) is 39.7 Å². The van der Waals surface area contributed by atoms with Crippen LogP contribution in [-0.4, -0.2) is 32.5 Å². The van der Waals surface area contributed by atoms with E-state index in [2.05, 4.69) is 25.2 Å². The fourth-order valence-corrected chi connectivity index (χ4v) is 1.92. The molecule has 0 bridgehead atoms. The van der Waals surface area contributed by atoms with Gasteiger partial charge in [0, 0.05) is 13.2 Å². The number of ether oxygens (including phenoxy) is 3. The smallest absolute Gasteiger partial charge is 0.161 e. The van der Waals surface area contributed by atoms with E-state index >= 15 is 0 Å². The molecule has 1 rings (SSSR count). The van der Waals surface area contributed by atoms with Crippen LogP contribution in [-0.2, 0) is 11.3 Å². The van der Waals surface area contributed by atoms with E-state index < -0.39 is 0 Å². The first kappa shape index (κ1) is 17.8. The molecule has 0 aliphatic heterocycles. The molecule has 0 amide bonds. The summed E-state index contributed by atoms with van der Waals surface area (Å²) in [5.74, 6) is 1.58. The topological polar surface area (TPSA) is 39.7 Å². The van der Waals surface area contributed by atoms with Gasteiger partial charge in [-0.25, -0.2) is 0 Å². The summed E-state index contributed by atoms with van der Waals surface area (Å²) in [6.45, 7) is 10.7. The summed E-state index contributed by atoms with van der Waals surface area (Å²) in [6, 6.07) is 6.06. The van der Waals surface area contributed by atoms with Gasteiger partial charge in [-0.15, -0.1) is 0 Å². The second kappa shape index (κ2) is 9.64. The third kappa shape index (κ3) is 7.34. The highest BCUT2D eigenvalue weighted by Crippen LogP contribution is 2.28. The molecule has 0 saturated carbocycles. The van der Waals surface area contributed by atoms with Gasteiger partial charge < -0.3 is 19.5 Å². The van der Waals surface area contributed by atoms with Crippen molar-refractivity contribution in [2.24, 2.45) is 0 Å². The number of hydrogen-bond donors (Lipinski definition) is 1. The first-order valence-electron chi connectivity index (χ1n) is 7.68. The van der Waals surface area contributed by atoms with Crippen LogP contribution in [0.3, 0.4) is 0 Å². The summed E-state index contributed by atoms with van der Waals surface area (Å²) in [7, 11) is 1.67. The van der Waals surface area contributed by atoms with Crippen molar-refractivity contribution in [2.45, 2.75) is 52.9 Å². The average molecular weight is 295 g/mol. The molecule has 0 aliphatic carbocycles. The fraction of sp³-hybridized carbons (Fsp3) is 0.647. The summed E-state index contributed by atoms with van der Waals surface area (Å²) in [6.07, 6.45) is 1.47. The van der Waals surface area contributed by atoms with Crippen molar-refractivity contribution >= 4 is 0 Å². The van der Waals surface area contributed by atoms with Crippen LogP contribution in [0.4, 0.5) is 0 Å². The minimum atomic E-state index is 0.142. The van der Waals surface area contributed by atoms with Gasteiger partial charge in [0.1, 0.15) is 0 Å². The lowest BCUT2D eigenvalue weighted by atomic mass is 10.2. The highest BCUT2D eigenvalue weighted by atomic mass is 16.5. The first-order chi connectivity index (χ1) is 10.0. The highest BCUT2D eigenvalue weighted by molar-refractivity contribution is 5.43. The third-order valence-corrected chi connectivity index (χ3v) is 2.87. The summed E-state index contributed by atoms with van der Waals surface area (Å²) in [4.78, 5) is 0. The van der Waals surface area contributed by atoms with E-state index in [-0.39, 0.29) is 6.10 Å². The van der Waals surface area contributed by atoms with Gasteiger partial charge in [0.15, 0.2) is 11.5 Å². The second-order valence-corrected chi connectivity index (χ2v) is 5.60. The molecular formula is C17H29NO3. The van der Waals surface area contributed by atoms with Gasteiger partial charge >= 0.3 is 0 Å². The van der Waals surface area contributed by atoms with Crippen LogP contribution < -0.4 is 14.8 Å². The van der Waals surface area contributed by atoms with Crippen molar-refractivity contribution in [1.82, 2.24) is 5.32 Å². The Morgan fingerprint density at radius 1 is 1.05 bits per heavy atom. The van der Waals surface area contributed by atoms with Crippen LogP contribution in [0, 0.1) is 0 Å².